The Kier molecular flexibility index (Phi) is 6.32. The Bertz CT molecular complexity index is 905. The Labute approximate surface area is 173 Å². The van der Waals surface area contributed by atoms with E-state index in [9.17, 15) is 0 Å². The van der Waals surface area contributed by atoms with E-state index in [2.05, 4.69) is 41.3 Å². The minimum Gasteiger partial charge on any atom is -0.492 e. The van der Waals surface area contributed by atoms with Gasteiger partial charge in [-0.25, -0.2) is 0 Å². The first kappa shape index (κ1) is 19.3. The van der Waals surface area contributed by atoms with Gasteiger partial charge in [-0.1, -0.05) is 42.5 Å². The molecule has 1 fully saturated rings. The van der Waals surface area contributed by atoms with Crippen molar-refractivity contribution in [3.05, 3.63) is 84.4 Å². The molecule has 29 heavy (non-hydrogen) atoms. The third-order valence-corrected chi connectivity index (χ3v) is 5.31. The number of nitrogens with zero attached hydrogens (tertiary/aromatic N) is 1. The van der Waals surface area contributed by atoms with Crippen LogP contribution >= 0.6 is 0 Å². The van der Waals surface area contributed by atoms with Gasteiger partial charge in [0, 0.05) is 5.56 Å². The van der Waals surface area contributed by atoms with E-state index < -0.39 is 0 Å². The van der Waals surface area contributed by atoms with Crippen molar-refractivity contribution >= 4 is 5.69 Å². The van der Waals surface area contributed by atoms with Gasteiger partial charge in [-0.3, -0.25) is 0 Å². The van der Waals surface area contributed by atoms with Crippen molar-refractivity contribution in [1.82, 2.24) is 0 Å². The second kappa shape index (κ2) is 9.48. The van der Waals surface area contributed by atoms with Crippen LogP contribution in [-0.4, -0.2) is 32.8 Å². The molecular weight excluding hydrogens is 360 g/mol. The summed E-state index contributed by atoms with van der Waals surface area (Å²) in [5.41, 5.74) is 2.53. The summed E-state index contributed by atoms with van der Waals surface area (Å²) in [6, 6.07) is 26.8. The molecule has 1 aliphatic rings. The van der Waals surface area contributed by atoms with E-state index in [1.54, 1.807) is 4.90 Å². The lowest BCUT2D eigenvalue weighted by Crippen LogP contribution is -3.13. The Morgan fingerprint density at radius 2 is 1.55 bits per heavy atom. The number of nitrogens with one attached hydrogen (secondary N) is 1. The van der Waals surface area contributed by atoms with Crippen LogP contribution in [0.4, 0.5) is 5.69 Å². The molecule has 4 nitrogen and oxygen atoms in total. The Hall–Kier alpha value is -2.98. The number of rotatable bonds is 7. The number of para-hydroxylation sites is 3. The molecule has 0 aromatic heterocycles. The van der Waals surface area contributed by atoms with Crippen LogP contribution in [0.5, 0.6) is 17.2 Å². The summed E-state index contributed by atoms with van der Waals surface area (Å²) in [6.45, 7) is 8.07. The lowest BCUT2D eigenvalue weighted by molar-refractivity contribution is -0.914. The van der Waals surface area contributed by atoms with E-state index in [0.717, 1.165) is 50.0 Å². The maximum absolute atomic E-state index is 5.99. The van der Waals surface area contributed by atoms with Crippen LogP contribution in [0.25, 0.3) is 0 Å². The van der Waals surface area contributed by atoms with Gasteiger partial charge in [-0.2, -0.15) is 0 Å². The molecular formula is C25H29N2O2+. The minimum atomic E-state index is 0.698. The number of hydrogen-bond acceptors (Lipinski definition) is 3. The largest absolute Gasteiger partial charge is 0.492 e. The lowest BCUT2D eigenvalue weighted by Gasteiger charge is -2.34. The molecule has 4 heteroatoms. The van der Waals surface area contributed by atoms with Crippen molar-refractivity contribution in [1.29, 1.82) is 0 Å². The van der Waals surface area contributed by atoms with Crippen molar-refractivity contribution in [3.8, 4) is 17.2 Å². The molecule has 3 aromatic carbocycles. The van der Waals surface area contributed by atoms with Gasteiger partial charge in [-0.15, -0.1) is 0 Å². The molecule has 0 unspecified atom stereocenters. The molecule has 0 bridgehead atoms. The first-order valence-corrected chi connectivity index (χ1v) is 10.4. The van der Waals surface area contributed by atoms with Gasteiger partial charge >= 0.3 is 0 Å². The molecule has 1 aliphatic heterocycles. The number of piperazine rings is 1. The highest BCUT2D eigenvalue weighted by atomic mass is 16.5. The summed E-state index contributed by atoms with van der Waals surface area (Å²) in [6.07, 6.45) is 0. The third kappa shape index (κ3) is 5.09. The fourth-order valence-corrected chi connectivity index (χ4v) is 3.87. The minimum absolute atomic E-state index is 0.698. The maximum Gasteiger partial charge on any atom is 0.142 e. The molecule has 0 aliphatic carbocycles. The summed E-state index contributed by atoms with van der Waals surface area (Å²) in [5.74, 6) is 2.76. The second-order valence-corrected chi connectivity index (χ2v) is 7.38. The average Bonchev–Trinajstić information content (AvgIpc) is 2.76. The van der Waals surface area contributed by atoms with Crippen LogP contribution in [0.15, 0.2) is 78.9 Å². The summed E-state index contributed by atoms with van der Waals surface area (Å²) in [7, 11) is 0. The maximum atomic E-state index is 5.99. The molecule has 4 rings (SSSR count). The van der Waals surface area contributed by atoms with Crippen LogP contribution in [0.2, 0.25) is 0 Å². The summed E-state index contributed by atoms with van der Waals surface area (Å²) in [4.78, 5) is 4.05. The molecule has 0 spiro atoms. The van der Waals surface area contributed by atoms with E-state index >= 15 is 0 Å². The number of ether oxygens (including phenoxy) is 2. The van der Waals surface area contributed by atoms with Gasteiger partial charge < -0.3 is 19.3 Å². The molecule has 1 heterocycles. The van der Waals surface area contributed by atoms with Gasteiger partial charge in [0.1, 0.15) is 23.8 Å². The number of benzene rings is 3. The molecule has 0 radical (unpaired) electrons. The van der Waals surface area contributed by atoms with Crippen LogP contribution in [0, 0.1) is 0 Å². The van der Waals surface area contributed by atoms with Crippen molar-refractivity contribution in [2.45, 2.75) is 13.5 Å². The number of hydrogen-bond donors (Lipinski definition) is 1. The molecule has 1 saturated heterocycles. The van der Waals surface area contributed by atoms with E-state index in [-0.39, 0.29) is 0 Å². The predicted molar refractivity (Wildman–Crippen MR) is 117 cm³/mol. The molecule has 3 aromatic rings. The zero-order valence-electron chi connectivity index (χ0n) is 17.0. The van der Waals surface area contributed by atoms with Gasteiger partial charge in [0.05, 0.1) is 38.5 Å². The van der Waals surface area contributed by atoms with Gasteiger partial charge in [0.15, 0.2) is 0 Å². The van der Waals surface area contributed by atoms with Crippen LogP contribution in [0.3, 0.4) is 0 Å². The van der Waals surface area contributed by atoms with Crippen molar-refractivity contribution in [2.75, 3.05) is 37.7 Å². The molecule has 0 atom stereocenters. The van der Waals surface area contributed by atoms with E-state index in [0.29, 0.717) is 6.61 Å². The van der Waals surface area contributed by atoms with Gasteiger partial charge in [0.2, 0.25) is 0 Å². The van der Waals surface area contributed by atoms with Crippen molar-refractivity contribution in [3.63, 3.8) is 0 Å². The van der Waals surface area contributed by atoms with E-state index in [1.165, 1.54) is 11.3 Å². The third-order valence-electron chi connectivity index (χ3n) is 5.31. The van der Waals surface area contributed by atoms with E-state index in [1.807, 2.05) is 49.4 Å². The first-order chi connectivity index (χ1) is 14.3. The summed E-state index contributed by atoms with van der Waals surface area (Å²) >= 11 is 0. The monoisotopic (exact) mass is 389 g/mol. The Morgan fingerprint density at radius 3 is 2.34 bits per heavy atom. The van der Waals surface area contributed by atoms with Gasteiger partial charge in [-0.05, 0) is 43.3 Å². The summed E-state index contributed by atoms with van der Waals surface area (Å²) in [5, 5.41) is 0. The standard InChI is InChI=1S/C25H28N2O2/c1-2-28-25-14-7-6-13-24(25)27-17-15-26(16-18-27)20-21-9-8-12-23(19-21)29-22-10-4-3-5-11-22/h3-14,19H,2,15-18,20H2,1H3/p+1. The zero-order chi connectivity index (χ0) is 19.9. The smallest absolute Gasteiger partial charge is 0.142 e. The van der Waals surface area contributed by atoms with Crippen LogP contribution in [-0.2, 0) is 6.54 Å². The van der Waals surface area contributed by atoms with Crippen molar-refractivity contribution < 1.29 is 14.4 Å². The Morgan fingerprint density at radius 1 is 0.828 bits per heavy atom. The lowest BCUT2D eigenvalue weighted by atomic mass is 10.1. The molecule has 0 amide bonds. The predicted octanol–water partition coefficient (Wildman–Crippen LogP) is 3.78. The van der Waals surface area contributed by atoms with E-state index in [4.69, 9.17) is 9.47 Å². The zero-order valence-corrected chi connectivity index (χ0v) is 17.0. The van der Waals surface area contributed by atoms with Crippen LogP contribution < -0.4 is 19.3 Å². The number of anilines is 1. The van der Waals surface area contributed by atoms with Gasteiger partial charge in [0.25, 0.3) is 0 Å². The molecule has 1 N–H and O–H groups in total. The van der Waals surface area contributed by atoms with Crippen molar-refractivity contribution in [2.24, 2.45) is 0 Å². The SMILES string of the molecule is CCOc1ccccc1N1CC[NH+](Cc2cccc(Oc3ccccc3)c2)CC1. The molecule has 150 valence electrons. The fraction of sp³-hybridized carbons (Fsp3) is 0.280. The fourth-order valence-electron chi connectivity index (χ4n) is 3.87. The highest BCUT2D eigenvalue weighted by molar-refractivity contribution is 5.58. The quantitative estimate of drug-likeness (QED) is 0.666. The average molecular weight is 390 g/mol. The first-order valence-electron chi connectivity index (χ1n) is 10.4. The second-order valence-electron chi connectivity index (χ2n) is 7.38. The Balaban J connectivity index is 1.35. The molecule has 0 saturated carbocycles. The highest BCUT2D eigenvalue weighted by Crippen LogP contribution is 2.28. The number of quaternary nitrogens is 1. The normalized spacial score (nSPS) is 14.6. The summed E-state index contributed by atoms with van der Waals surface area (Å²) < 4.78 is 11.8. The topological polar surface area (TPSA) is 26.1 Å². The highest BCUT2D eigenvalue weighted by Gasteiger charge is 2.22. The van der Waals surface area contributed by atoms with Crippen LogP contribution in [0.1, 0.15) is 12.5 Å².